The molecule has 1 heterocycles. The number of carbonyl (C=O) groups excluding carboxylic acids is 2. The van der Waals surface area contributed by atoms with Crippen LogP contribution in [0.5, 0.6) is 0 Å². The van der Waals surface area contributed by atoms with Crippen molar-refractivity contribution in [1.82, 2.24) is 10.6 Å². The second-order valence-corrected chi connectivity index (χ2v) is 4.17. The van der Waals surface area contributed by atoms with Crippen molar-refractivity contribution in [3.8, 4) is 0 Å². The summed E-state index contributed by atoms with van der Waals surface area (Å²) in [5, 5.41) is 5.31. The van der Waals surface area contributed by atoms with Crippen molar-refractivity contribution in [2.45, 2.75) is 19.4 Å². The number of para-hydroxylation sites is 1. The summed E-state index contributed by atoms with van der Waals surface area (Å²) in [5.41, 5.74) is 0.877. The Hall–Kier alpha value is -2.04. The summed E-state index contributed by atoms with van der Waals surface area (Å²) in [7, 11) is 0. The number of hydrogen-bond acceptors (Lipinski definition) is 2. The van der Waals surface area contributed by atoms with Crippen LogP contribution in [0.2, 0.25) is 0 Å². The van der Waals surface area contributed by atoms with E-state index in [-0.39, 0.29) is 11.9 Å². The van der Waals surface area contributed by atoms with Gasteiger partial charge >= 0.3 is 6.03 Å². The molecule has 1 aromatic rings. The van der Waals surface area contributed by atoms with E-state index in [1.54, 1.807) is 4.90 Å². The molecule has 0 radical (unpaired) electrons. The largest absolute Gasteiger partial charge is 0.338 e. The normalized spacial score (nSPS) is 18.8. The molecular weight excluding hydrogens is 230 g/mol. The summed E-state index contributed by atoms with van der Waals surface area (Å²) < 4.78 is 0. The molecule has 3 amide bonds. The molecule has 1 fully saturated rings. The summed E-state index contributed by atoms with van der Waals surface area (Å²) in [6.45, 7) is 3.03. The van der Waals surface area contributed by atoms with E-state index in [4.69, 9.17) is 0 Å². The van der Waals surface area contributed by atoms with Crippen LogP contribution in [0.15, 0.2) is 30.3 Å². The highest BCUT2D eigenvalue weighted by Crippen LogP contribution is 2.20. The number of rotatable bonds is 3. The molecule has 1 atom stereocenters. The Morgan fingerprint density at radius 1 is 1.39 bits per heavy atom. The first-order chi connectivity index (χ1) is 8.72. The fraction of sp³-hybridized carbons (Fsp3) is 0.385. The SMILES string of the molecule is CCNC(=O)N[C@H]1CCN(c2ccccc2)C1=O. The monoisotopic (exact) mass is 247 g/mol. The van der Waals surface area contributed by atoms with Crippen LogP contribution in [0.4, 0.5) is 10.5 Å². The number of nitrogens with zero attached hydrogens (tertiary/aromatic N) is 1. The zero-order valence-electron chi connectivity index (χ0n) is 10.3. The second-order valence-electron chi connectivity index (χ2n) is 4.17. The van der Waals surface area contributed by atoms with E-state index in [1.165, 1.54) is 0 Å². The quantitative estimate of drug-likeness (QED) is 0.840. The van der Waals surface area contributed by atoms with Crippen LogP contribution < -0.4 is 15.5 Å². The molecule has 5 heteroatoms. The summed E-state index contributed by atoms with van der Waals surface area (Å²) >= 11 is 0. The van der Waals surface area contributed by atoms with E-state index in [0.717, 1.165) is 5.69 Å². The van der Waals surface area contributed by atoms with Crippen molar-refractivity contribution in [1.29, 1.82) is 0 Å². The summed E-state index contributed by atoms with van der Waals surface area (Å²) in [4.78, 5) is 25.2. The lowest BCUT2D eigenvalue weighted by Crippen LogP contribution is -2.46. The predicted octanol–water partition coefficient (Wildman–Crippen LogP) is 1.11. The van der Waals surface area contributed by atoms with Gasteiger partial charge in [-0.05, 0) is 25.5 Å². The number of anilines is 1. The van der Waals surface area contributed by atoms with Gasteiger partial charge in [0.2, 0.25) is 5.91 Å². The maximum atomic E-state index is 12.1. The van der Waals surface area contributed by atoms with Crippen molar-refractivity contribution in [3.63, 3.8) is 0 Å². The van der Waals surface area contributed by atoms with Crippen molar-refractivity contribution in [3.05, 3.63) is 30.3 Å². The van der Waals surface area contributed by atoms with E-state index >= 15 is 0 Å². The van der Waals surface area contributed by atoms with Crippen LogP contribution in [0.1, 0.15) is 13.3 Å². The van der Waals surface area contributed by atoms with Gasteiger partial charge in [-0.25, -0.2) is 4.79 Å². The van der Waals surface area contributed by atoms with E-state index in [9.17, 15) is 9.59 Å². The molecule has 2 rings (SSSR count). The molecule has 0 bridgehead atoms. The van der Waals surface area contributed by atoms with Crippen LogP contribution in [-0.2, 0) is 4.79 Å². The number of nitrogens with one attached hydrogen (secondary N) is 2. The van der Waals surface area contributed by atoms with Gasteiger partial charge in [-0.3, -0.25) is 4.79 Å². The van der Waals surface area contributed by atoms with E-state index < -0.39 is 6.04 Å². The third-order valence-electron chi connectivity index (χ3n) is 2.92. The Balaban J connectivity index is 1.99. The Bertz CT molecular complexity index is 433. The van der Waals surface area contributed by atoms with Crippen LogP contribution in [0, 0.1) is 0 Å². The van der Waals surface area contributed by atoms with E-state index in [1.807, 2.05) is 37.3 Å². The number of urea groups is 1. The van der Waals surface area contributed by atoms with Crippen molar-refractivity contribution in [2.75, 3.05) is 18.0 Å². The fourth-order valence-corrected chi connectivity index (χ4v) is 2.05. The molecular formula is C13H17N3O2. The minimum Gasteiger partial charge on any atom is -0.338 e. The average Bonchev–Trinajstić information content (AvgIpc) is 2.72. The highest BCUT2D eigenvalue weighted by Gasteiger charge is 2.33. The van der Waals surface area contributed by atoms with Gasteiger partial charge < -0.3 is 15.5 Å². The van der Waals surface area contributed by atoms with E-state index in [0.29, 0.717) is 19.5 Å². The zero-order valence-corrected chi connectivity index (χ0v) is 10.3. The Morgan fingerprint density at radius 3 is 2.78 bits per heavy atom. The van der Waals surface area contributed by atoms with Gasteiger partial charge in [-0.15, -0.1) is 0 Å². The molecule has 18 heavy (non-hydrogen) atoms. The maximum absolute atomic E-state index is 12.1. The predicted molar refractivity (Wildman–Crippen MR) is 69.4 cm³/mol. The summed E-state index contributed by atoms with van der Waals surface area (Å²) in [6.07, 6.45) is 0.644. The van der Waals surface area contributed by atoms with Gasteiger partial charge in [0.1, 0.15) is 6.04 Å². The first-order valence-electron chi connectivity index (χ1n) is 6.13. The smallest absolute Gasteiger partial charge is 0.315 e. The lowest BCUT2D eigenvalue weighted by atomic mass is 10.2. The number of benzene rings is 1. The molecule has 5 nitrogen and oxygen atoms in total. The minimum atomic E-state index is -0.420. The van der Waals surface area contributed by atoms with Gasteiger partial charge in [0.05, 0.1) is 0 Å². The number of hydrogen-bond donors (Lipinski definition) is 2. The highest BCUT2D eigenvalue weighted by atomic mass is 16.2. The zero-order chi connectivity index (χ0) is 13.0. The first-order valence-corrected chi connectivity index (χ1v) is 6.13. The molecule has 0 aromatic heterocycles. The first kappa shape index (κ1) is 12.4. The third-order valence-corrected chi connectivity index (χ3v) is 2.92. The van der Waals surface area contributed by atoms with Gasteiger partial charge in [0.25, 0.3) is 0 Å². The van der Waals surface area contributed by atoms with Crippen LogP contribution >= 0.6 is 0 Å². The molecule has 1 saturated heterocycles. The Morgan fingerprint density at radius 2 is 2.11 bits per heavy atom. The molecule has 0 unspecified atom stereocenters. The lowest BCUT2D eigenvalue weighted by Gasteiger charge is -2.17. The van der Waals surface area contributed by atoms with Crippen molar-refractivity contribution >= 4 is 17.6 Å². The molecule has 1 aliphatic rings. The topological polar surface area (TPSA) is 61.4 Å². The van der Waals surface area contributed by atoms with Gasteiger partial charge in [-0.1, -0.05) is 18.2 Å². The number of carbonyl (C=O) groups is 2. The second kappa shape index (κ2) is 5.53. The van der Waals surface area contributed by atoms with Crippen molar-refractivity contribution < 1.29 is 9.59 Å². The van der Waals surface area contributed by atoms with Gasteiger partial charge in [0, 0.05) is 18.8 Å². The van der Waals surface area contributed by atoms with Gasteiger partial charge in [-0.2, -0.15) is 0 Å². The average molecular weight is 247 g/mol. The van der Waals surface area contributed by atoms with Crippen molar-refractivity contribution in [2.24, 2.45) is 0 Å². The summed E-state index contributed by atoms with van der Waals surface area (Å²) in [5.74, 6) is -0.0487. The maximum Gasteiger partial charge on any atom is 0.315 e. The minimum absolute atomic E-state index is 0.0487. The van der Waals surface area contributed by atoms with Crippen LogP contribution in [0.25, 0.3) is 0 Å². The number of amides is 3. The highest BCUT2D eigenvalue weighted by molar-refractivity contribution is 6.01. The van der Waals surface area contributed by atoms with Crippen LogP contribution in [0.3, 0.4) is 0 Å². The molecule has 0 saturated carbocycles. The molecule has 0 spiro atoms. The molecule has 1 aromatic carbocycles. The third kappa shape index (κ3) is 2.61. The van der Waals surface area contributed by atoms with Gasteiger partial charge in [0.15, 0.2) is 0 Å². The molecule has 0 aliphatic carbocycles. The fourth-order valence-electron chi connectivity index (χ4n) is 2.05. The summed E-state index contributed by atoms with van der Waals surface area (Å²) in [6, 6.07) is 8.79. The standard InChI is InChI=1S/C13H17N3O2/c1-2-14-13(18)15-11-8-9-16(12(11)17)10-6-4-3-5-7-10/h3-7,11H,2,8-9H2,1H3,(H2,14,15,18)/t11-/m0/s1. The Kier molecular flexibility index (Phi) is 3.82. The molecule has 96 valence electrons. The Labute approximate surface area is 106 Å². The molecule has 1 aliphatic heterocycles. The molecule has 2 N–H and O–H groups in total. The van der Waals surface area contributed by atoms with E-state index in [2.05, 4.69) is 10.6 Å². The lowest BCUT2D eigenvalue weighted by molar-refractivity contribution is -0.118. The van der Waals surface area contributed by atoms with Crippen LogP contribution in [-0.4, -0.2) is 31.1 Å².